The molecule has 1 heterocycles. The summed E-state index contributed by atoms with van der Waals surface area (Å²) in [6.45, 7) is 6.27. The number of halogens is 1. The van der Waals surface area contributed by atoms with Gasteiger partial charge in [-0.05, 0) is 44.0 Å². The van der Waals surface area contributed by atoms with E-state index in [9.17, 15) is 14.4 Å². The summed E-state index contributed by atoms with van der Waals surface area (Å²) in [7, 11) is 1.69. The number of hydrogen-bond donors (Lipinski definition) is 2. The molecule has 0 fully saturated rings. The Bertz CT molecular complexity index is 983. The first-order valence-corrected chi connectivity index (χ1v) is 11.5. The minimum atomic E-state index is -0.840. The Morgan fingerprint density at radius 1 is 1.00 bits per heavy atom. The van der Waals surface area contributed by atoms with Gasteiger partial charge in [0, 0.05) is 13.0 Å². The summed E-state index contributed by atoms with van der Waals surface area (Å²) < 4.78 is 0. The van der Waals surface area contributed by atoms with Crippen molar-refractivity contribution < 1.29 is 14.4 Å². The number of carbonyl (C=O) groups excluding carboxylic acids is 3. The maximum absolute atomic E-state index is 13.7. The van der Waals surface area contributed by atoms with E-state index in [1.54, 1.807) is 23.8 Å². The number of para-hydroxylation sites is 2. The molecule has 2 aromatic carbocycles. The van der Waals surface area contributed by atoms with Crippen LogP contribution in [0, 0.1) is 5.92 Å². The molecular formula is C26H35ClN4O3. The fraction of sp³-hybridized carbons (Fsp3) is 0.423. The number of anilines is 2. The maximum atomic E-state index is 13.7. The number of nitrogens with zero attached hydrogens (tertiary/aromatic N) is 2. The van der Waals surface area contributed by atoms with Crippen molar-refractivity contribution in [2.75, 3.05) is 29.9 Å². The standard InChI is InChI=1S/C26H34N4O3.ClH/c1-18(2)16-24(31)30-17-21(28-25(32)19(3)27-4)26(33)29(22-12-8-9-13-23(22)30)15-14-20-10-6-5-7-11-20;/h5-13,18-19,21,27H,14-17H2,1-4H3,(H,28,32);1H. The molecule has 0 spiro atoms. The smallest absolute Gasteiger partial charge is 0.251 e. The van der Waals surface area contributed by atoms with Gasteiger partial charge < -0.3 is 20.4 Å². The van der Waals surface area contributed by atoms with Crippen LogP contribution in [0.2, 0.25) is 0 Å². The summed E-state index contributed by atoms with van der Waals surface area (Å²) in [6, 6.07) is 16.2. The fourth-order valence-electron chi connectivity index (χ4n) is 3.93. The monoisotopic (exact) mass is 486 g/mol. The molecule has 8 heteroatoms. The molecule has 1 aliphatic heterocycles. The fourth-order valence-corrected chi connectivity index (χ4v) is 3.93. The predicted molar refractivity (Wildman–Crippen MR) is 138 cm³/mol. The number of likely N-dealkylation sites (N-methyl/N-ethyl adjacent to an activating group) is 1. The lowest BCUT2D eigenvalue weighted by atomic mass is 10.1. The molecule has 7 nitrogen and oxygen atoms in total. The Kier molecular flexibility index (Phi) is 10.1. The van der Waals surface area contributed by atoms with Gasteiger partial charge in [0.15, 0.2) is 0 Å². The maximum Gasteiger partial charge on any atom is 0.251 e. The number of fused-ring (bicyclic) bond motifs is 1. The van der Waals surface area contributed by atoms with Crippen LogP contribution in [0.3, 0.4) is 0 Å². The predicted octanol–water partition coefficient (Wildman–Crippen LogP) is 3.17. The molecule has 0 radical (unpaired) electrons. The second-order valence-corrected chi connectivity index (χ2v) is 8.89. The Labute approximate surface area is 208 Å². The third-order valence-electron chi connectivity index (χ3n) is 5.89. The van der Waals surface area contributed by atoms with Crippen molar-refractivity contribution in [1.82, 2.24) is 10.6 Å². The topological polar surface area (TPSA) is 81.8 Å². The highest BCUT2D eigenvalue weighted by molar-refractivity contribution is 6.08. The van der Waals surface area contributed by atoms with Gasteiger partial charge in [-0.2, -0.15) is 0 Å². The van der Waals surface area contributed by atoms with Gasteiger partial charge in [0.2, 0.25) is 11.8 Å². The van der Waals surface area contributed by atoms with Crippen LogP contribution in [-0.2, 0) is 20.8 Å². The van der Waals surface area contributed by atoms with Crippen LogP contribution in [0.5, 0.6) is 0 Å². The number of benzene rings is 2. The van der Waals surface area contributed by atoms with E-state index in [0.717, 1.165) is 5.56 Å². The minimum Gasteiger partial charge on any atom is -0.341 e. The van der Waals surface area contributed by atoms with Crippen LogP contribution in [0.1, 0.15) is 32.8 Å². The van der Waals surface area contributed by atoms with Crippen LogP contribution in [0.4, 0.5) is 11.4 Å². The normalized spacial score (nSPS) is 16.4. The van der Waals surface area contributed by atoms with E-state index < -0.39 is 12.1 Å². The Balaban J connectivity index is 0.00000408. The van der Waals surface area contributed by atoms with E-state index in [1.807, 2.05) is 68.4 Å². The van der Waals surface area contributed by atoms with Crippen LogP contribution in [0.25, 0.3) is 0 Å². The second-order valence-electron chi connectivity index (χ2n) is 8.89. The average molecular weight is 487 g/mol. The zero-order chi connectivity index (χ0) is 24.0. The van der Waals surface area contributed by atoms with Crippen molar-refractivity contribution >= 4 is 41.5 Å². The van der Waals surface area contributed by atoms with Gasteiger partial charge in [0.05, 0.1) is 24.0 Å². The molecule has 0 aliphatic carbocycles. The lowest BCUT2D eigenvalue weighted by Gasteiger charge is -2.26. The summed E-state index contributed by atoms with van der Waals surface area (Å²) in [5, 5.41) is 5.78. The molecule has 2 N–H and O–H groups in total. The van der Waals surface area contributed by atoms with Crippen LogP contribution < -0.4 is 20.4 Å². The molecule has 0 bridgehead atoms. The van der Waals surface area contributed by atoms with Gasteiger partial charge in [0.25, 0.3) is 5.91 Å². The first-order chi connectivity index (χ1) is 15.8. The highest BCUT2D eigenvalue weighted by atomic mass is 35.5. The lowest BCUT2D eigenvalue weighted by Crippen LogP contribution is -2.56. The Morgan fingerprint density at radius 2 is 1.62 bits per heavy atom. The second kappa shape index (κ2) is 12.5. The first kappa shape index (κ1) is 27.3. The molecule has 0 aromatic heterocycles. The van der Waals surface area contributed by atoms with Crippen molar-refractivity contribution in [2.24, 2.45) is 5.92 Å². The van der Waals surface area contributed by atoms with Crippen molar-refractivity contribution in [3.8, 4) is 0 Å². The van der Waals surface area contributed by atoms with Gasteiger partial charge in [-0.3, -0.25) is 14.4 Å². The molecule has 184 valence electrons. The van der Waals surface area contributed by atoms with E-state index in [4.69, 9.17) is 0 Å². The van der Waals surface area contributed by atoms with Crippen molar-refractivity contribution in [2.45, 2.75) is 45.7 Å². The highest BCUT2D eigenvalue weighted by Gasteiger charge is 2.37. The van der Waals surface area contributed by atoms with Crippen molar-refractivity contribution in [1.29, 1.82) is 0 Å². The molecule has 0 saturated heterocycles. The van der Waals surface area contributed by atoms with Crippen LogP contribution in [-0.4, -0.2) is 49.9 Å². The SMILES string of the molecule is CNC(C)C(=O)NC1CN(C(=O)CC(C)C)c2ccccc2N(CCc2ccccc2)C1=O.Cl. The van der Waals surface area contributed by atoms with E-state index in [1.165, 1.54) is 0 Å². The minimum absolute atomic E-state index is 0. The summed E-state index contributed by atoms with van der Waals surface area (Å²) in [5.74, 6) is -0.373. The Morgan fingerprint density at radius 3 is 2.24 bits per heavy atom. The van der Waals surface area contributed by atoms with E-state index in [2.05, 4.69) is 10.6 Å². The van der Waals surface area contributed by atoms with E-state index in [0.29, 0.717) is 30.8 Å². The summed E-state index contributed by atoms with van der Waals surface area (Å²) in [5.41, 5.74) is 2.50. The molecule has 3 rings (SSSR count). The molecule has 2 atom stereocenters. The average Bonchev–Trinajstić information content (AvgIpc) is 2.92. The van der Waals surface area contributed by atoms with Gasteiger partial charge in [-0.25, -0.2) is 0 Å². The molecule has 3 amide bonds. The zero-order valence-electron chi connectivity index (χ0n) is 20.3. The quantitative estimate of drug-likeness (QED) is 0.600. The van der Waals surface area contributed by atoms with Gasteiger partial charge in [0.1, 0.15) is 6.04 Å². The van der Waals surface area contributed by atoms with Gasteiger partial charge in [-0.1, -0.05) is 56.3 Å². The number of rotatable bonds is 8. The summed E-state index contributed by atoms with van der Waals surface area (Å²) >= 11 is 0. The van der Waals surface area contributed by atoms with Crippen molar-refractivity contribution in [3.05, 3.63) is 60.2 Å². The van der Waals surface area contributed by atoms with Crippen molar-refractivity contribution in [3.63, 3.8) is 0 Å². The molecule has 0 saturated carbocycles. The van der Waals surface area contributed by atoms with Crippen LogP contribution in [0.15, 0.2) is 54.6 Å². The molecule has 34 heavy (non-hydrogen) atoms. The molecule has 1 aliphatic rings. The van der Waals surface area contributed by atoms with Crippen LogP contribution >= 0.6 is 12.4 Å². The van der Waals surface area contributed by atoms with Gasteiger partial charge >= 0.3 is 0 Å². The molecular weight excluding hydrogens is 452 g/mol. The molecule has 2 unspecified atom stereocenters. The number of nitrogens with one attached hydrogen (secondary N) is 2. The third-order valence-corrected chi connectivity index (χ3v) is 5.89. The highest BCUT2D eigenvalue weighted by Crippen LogP contribution is 2.33. The largest absolute Gasteiger partial charge is 0.341 e. The lowest BCUT2D eigenvalue weighted by molar-refractivity contribution is -0.128. The third kappa shape index (κ3) is 6.58. The number of carbonyl (C=O) groups is 3. The Hall–Kier alpha value is -2.90. The van der Waals surface area contributed by atoms with E-state index >= 15 is 0 Å². The first-order valence-electron chi connectivity index (χ1n) is 11.5. The summed E-state index contributed by atoms with van der Waals surface area (Å²) in [6.07, 6.45) is 1.02. The van der Waals surface area contributed by atoms with E-state index in [-0.39, 0.29) is 42.6 Å². The zero-order valence-corrected chi connectivity index (χ0v) is 21.1. The number of amides is 3. The van der Waals surface area contributed by atoms with Gasteiger partial charge in [-0.15, -0.1) is 12.4 Å². The molecule has 2 aromatic rings. The number of hydrogen-bond acceptors (Lipinski definition) is 4. The summed E-state index contributed by atoms with van der Waals surface area (Å²) in [4.78, 5) is 43.0.